The number of nitrogens with zero attached hydrogens (tertiary/aromatic N) is 1. The number of rotatable bonds is 9. The van der Waals surface area contributed by atoms with E-state index in [0.717, 1.165) is 50.9 Å². The summed E-state index contributed by atoms with van der Waals surface area (Å²) in [6, 6.07) is 29.5. The fourth-order valence-electron chi connectivity index (χ4n) is 4.38. The van der Waals surface area contributed by atoms with Crippen molar-refractivity contribution in [1.82, 2.24) is 4.90 Å². The third-order valence-electron chi connectivity index (χ3n) is 6.46. The Morgan fingerprint density at radius 2 is 1.30 bits per heavy atom. The molecule has 0 spiro atoms. The number of carbonyl (C=O) groups is 1. The average Bonchev–Trinajstić information content (AvgIpc) is 2.94. The molecule has 1 heterocycles. The van der Waals surface area contributed by atoms with Gasteiger partial charge in [-0.05, 0) is 93.8 Å². The summed E-state index contributed by atoms with van der Waals surface area (Å²) in [5, 5.41) is 8.96. The lowest BCUT2D eigenvalue weighted by molar-refractivity contribution is -0.0517. The molecule has 1 aliphatic rings. The molecule has 3 aromatic carbocycles. The number of Topliss-reactive ketones (excluding diaryl/α,β-unsaturated/α-hetero) is 1. The molecule has 6 nitrogen and oxygen atoms in total. The highest BCUT2D eigenvalue weighted by molar-refractivity contribution is 7.97. The van der Waals surface area contributed by atoms with Crippen LogP contribution in [-0.4, -0.2) is 60.5 Å². The van der Waals surface area contributed by atoms with Crippen molar-refractivity contribution in [2.45, 2.75) is 45.9 Å². The van der Waals surface area contributed by atoms with Crippen LogP contribution in [0.1, 0.15) is 36.0 Å². The Hall–Kier alpha value is -2.70. The first-order valence-electron chi connectivity index (χ1n) is 12.9. The predicted octanol–water partition coefficient (Wildman–Crippen LogP) is 5.50. The van der Waals surface area contributed by atoms with Gasteiger partial charge >= 0.3 is 5.51 Å². The quantitative estimate of drug-likeness (QED) is 0.115. The number of halogens is 3. The first-order chi connectivity index (χ1) is 19.0. The van der Waals surface area contributed by atoms with Crippen molar-refractivity contribution < 1.29 is 36.0 Å². The number of ketones is 1. The van der Waals surface area contributed by atoms with Crippen LogP contribution in [0.25, 0.3) is 0 Å². The highest BCUT2D eigenvalue weighted by Gasteiger charge is 2.37. The summed E-state index contributed by atoms with van der Waals surface area (Å²) in [6.45, 7) is 3.25. The van der Waals surface area contributed by atoms with Gasteiger partial charge in [-0.2, -0.15) is 13.2 Å². The lowest BCUT2D eigenvalue weighted by atomic mass is 9.89. The molecule has 216 valence electrons. The van der Waals surface area contributed by atoms with Crippen LogP contribution in [-0.2, 0) is 21.0 Å². The van der Waals surface area contributed by atoms with Crippen molar-refractivity contribution in [3.8, 4) is 0 Å². The standard InChI is InChI=1S/C28H32NO2S.CHF3O3S/c30-22-8-7-19-29-20-17-24(18-21-29)28(31)23-13-15-27(16-14-23)32(25-9-3-1-4-10-25)26-11-5-2-6-12-26;2-1(3,4)8(5,6)7/h1-6,9-16,24,30H,7-8,17-22H2;(H,5,6,7)/q+1;/p-1. The minimum absolute atomic E-state index is 0.122. The number of aliphatic hydroxyl groups is 1. The maximum absolute atomic E-state index is 13.1. The predicted molar refractivity (Wildman–Crippen MR) is 147 cm³/mol. The van der Waals surface area contributed by atoms with Crippen LogP contribution in [0.15, 0.2) is 99.6 Å². The number of alkyl halides is 3. The average molecular weight is 596 g/mol. The van der Waals surface area contributed by atoms with Crippen molar-refractivity contribution in [3.63, 3.8) is 0 Å². The molecule has 0 aromatic heterocycles. The Morgan fingerprint density at radius 3 is 1.73 bits per heavy atom. The van der Waals surface area contributed by atoms with Gasteiger partial charge in [0.1, 0.15) is 0 Å². The van der Waals surface area contributed by atoms with Crippen LogP contribution in [0.3, 0.4) is 0 Å². The van der Waals surface area contributed by atoms with E-state index in [1.807, 2.05) is 12.1 Å². The molecular formula is C29H32F3NO5S2. The van der Waals surface area contributed by atoms with Crippen LogP contribution in [0.4, 0.5) is 13.2 Å². The second-order valence-electron chi connectivity index (χ2n) is 9.27. The molecule has 0 amide bonds. The van der Waals surface area contributed by atoms with Gasteiger partial charge in [0.05, 0.1) is 10.9 Å². The zero-order valence-electron chi connectivity index (χ0n) is 21.8. The van der Waals surface area contributed by atoms with Gasteiger partial charge in [-0.1, -0.05) is 36.4 Å². The van der Waals surface area contributed by atoms with Crippen molar-refractivity contribution in [2.75, 3.05) is 26.2 Å². The number of piperidine rings is 1. The fraction of sp³-hybridized carbons (Fsp3) is 0.345. The molecule has 1 N–H and O–H groups in total. The minimum Gasteiger partial charge on any atom is -0.741 e. The molecule has 0 aliphatic carbocycles. The monoisotopic (exact) mass is 595 g/mol. The molecule has 0 saturated carbocycles. The summed E-state index contributed by atoms with van der Waals surface area (Å²) in [7, 11) is -6.28. The highest BCUT2D eigenvalue weighted by atomic mass is 32.2. The second kappa shape index (κ2) is 14.8. The van der Waals surface area contributed by atoms with Gasteiger partial charge < -0.3 is 14.6 Å². The molecule has 1 aliphatic heterocycles. The normalized spacial score (nSPS) is 14.9. The maximum Gasteiger partial charge on any atom is 0.485 e. The summed E-state index contributed by atoms with van der Waals surface area (Å²) in [5.74, 6) is 0.405. The van der Waals surface area contributed by atoms with E-state index in [0.29, 0.717) is 0 Å². The van der Waals surface area contributed by atoms with Crippen LogP contribution in [0, 0.1) is 5.92 Å². The number of carbonyl (C=O) groups excluding carboxylic acids is 1. The van der Waals surface area contributed by atoms with Crippen LogP contribution >= 0.6 is 0 Å². The summed E-state index contributed by atoms with van der Waals surface area (Å²) in [4.78, 5) is 19.4. The van der Waals surface area contributed by atoms with Crippen LogP contribution in [0.5, 0.6) is 0 Å². The van der Waals surface area contributed by atoms with Gasteiger partial charge in [0.2, 0.25) is 0 Å². The first kappa shape index (κ1) is 31.8. The zero-order chi connectivity index (χ0) is 29.2. The Labute approximate surface area is 235 Å². The van der Waals surface area contributed by atoms with E-state index in [2.05, 4.69) is 77.7 Å². The molecule has 3 aromatic rings. The number of benzene rings is 3. The lowest BCUT2D eigenvalue weighted by Crippen LogP contribution is -2.37. The molecular weight excluding hydrogens is 563 g/mol. The zero-order valence-corrected chi connectivity index (χ0v) is 23.4. The number of hydrogen-bond acceptors (Lipinski definition) is 6. The van der Waals surface area contributed by atoms with Gasteiger partial charge in [0, 0.05) is 18.1 Å². The SMILES string of the molecule is O=C(c1ccc([S+](c2ccccc2)c2ccccc2)cc1)C1CCN(CCCCO)CC1.O=S(=O)([O-])C(F)(F)F. The van der Waals surface area contributed by atoms with E-state index >= 15 is 0 Å². The van der Waals surface area contributed by atoms with Gasteiger partial charge in [-0.3, -0.25) is 4.79 Å². The van der Waals surface area contributed by atoms with Gasteiger partial charge in [0.25, 0.3) is 0 Å². The van der Waals surface area contributed by atoms with E-state index in [4.69, 9.17) is 18.1 Å². The topological polar surface area (TPSA) is 97.7 Å². The van der Waals surface area contributed by atoms with Crippen molar-refractivity contribution in [3.05, 3.63) is 90.5 Å². The summed E-state index contributed by atoms with van der Waals surface area (Å²) in [5.41, 5.74) is -4.82. The number of unbranched alkanes of at least 4 members (excludes halogenated alkanes) is 1. The number of aliphatic hydroxyl groups excluding tert-OH is 1. The number of likely N-dealkylation sites (tertiary alicyclic amines) is 1. The molecule has 40 heavy (non-hydrogen) atoms. The molecule has 0 radical (unpaired) electrons. The smallest absolute Gasteiger partial charge is 0.485 e. The van der Waals surface area contributed by atoms with Gasteiger partial charge in [0.15, 0.2) is 30.6 Å². The molecule has 4 rings (SSSR count). The Balaban J connectivity index is 0.000000482. The Bertz CT molecular complexity index is 1260. The second-order valence-corrected chi connectivity index (χ2v) is 12.7. The summed E-state index contributed by atoms with van der Waals surface area (Å²) >= 11 is 0. The first-order valence-corrected chi connectivity index (χ1v) is 15.5. The van der Waals surface area contributed by atoms with Crippen LogP contribution in [0.2, 0.25) is 0 Å². The molecule has 0 unspecified atom stereocenters. The van der Waals surface area contributed by atoms with E-state index in [1.54, 1.807) is 0 Å². The fourth-order valence-corrected chi connectivity index (χ4v) is 6.46. The lowest BCUT2D eigenvalue weighted by Gasteiger charge is -2.31. The molecule has 1 fully saturated rings. The molecule has 0 atom stereocenters. The summed E-state index contributed by atoms with van der Waals surface area (Å²) < 4.78 is 58.9. The Kier molecular flexibility index (Phi) is 11.8. The largest absolute Gasteiger partial charge is 0.741 e. The van der Waals surface area contributed by atoms with E-state index in [9.17, 15) is 18.0 Å². The van der Waals surface area contributed by atoms with Crippen LogP contribution < -0.4 is 0 Å². The van der Waals surface area contributed by atoms with E-state index in [1.165, 1.54) is 14.7 Å². The molecule has 1 saturated heterocycles. The number of hydrogen-bond donors (Lipinski definition) is 1. The van der Waals surface area contributed by atoms with E-state index < -0.39 is 15.6 Å². The third-order valence-corrected chi connectivity index (χ3v) is 9.25. The van der Waals surface area contributed by atoms with E-state index in [-0.39, 0.29) is 29.2 Å². The maximum atomic E-state index is 13.1. The highest BCUT2D eigenvalue weighted by Crippen LogP contribution is 2.32. The molecule has 0 bridgehead atoms. The van der Waals surface area contributed by atoms with Gasteiger partial charge in [-0.15, -0.1) is 0 Å². The minimum atomic E-state index is -6.09. The van der Waals surface area contributed by atoms with Crippen molar-refractivity contribution in [2.24, 2.45) is 5.92 Å². The third kappa shape index (κ3) is 9.17. The van der Waals surface area contributed by atoms with Crippen molar-refractivity contribution in [1.29, 1.82) is 0 Å². The summed E-state index contributed by atoms with van der Waals surface area (Å²) in [6.07, 6.45) is 3.75. The molecule has 11 heteroatoms. The van der Waals surface area contributed by atoms with Crippen molar-refractivity contribution >= 4 is 26.8 Å². The van der Waals surface area contributed by atoms with Gasteiger partial charge in [-0.25, -0.2) is 8.42 Å². The Morgan fingerprint density at radius 1 is 0.850 bits per heavy atom.